The van der Waals surface area contributed by atoms with E-state index in [-0.39, 0.29) is 25.0 Å². The molecule has 9 nitrogen and oxygen atoms in total. The lowest BCUT2D eigenvalue weighted by molar-refractivity contribution is -0.116. The van der Waals surface area contributed by atoms with Crippen LogP contribution in [0.1, 0.15) is 47.2 Å². The van der Waals surface area contributed by atoms with Crippen molar-refractivity contribution in [2.75, 3.05) is 11.9 Å². The summed E-state index contributed by atoms with van der Waals surface area (Å²) in [5.74, 6) is 1.36. The number of benzene rings is 1. The minimum Gasteiger partial charge on any atom is -0.494 e. The standard InChI is InChI=1S/C26H29N5O4S/c1-3-34-21-7-5-4-6-17(21)8-11-24(32)30-25-20(15-27)19-10-9-18(14-22(19)36-25)35-26(33)29-16-23-28-12-13-31(23)2/h4-7,12-13,18H,3,8-11,14,16H2,1-2H3,(H,29,33)(H,30,32). The molecule has 0 spiro atoms. The number of thiophene rings is 1. The van der Waals surface area contributed by atoms with Gasteiger partial charge in [0, 0.05) is 37.2 Å². The Balaban J connectivity index is 1.33. The summed E-state index contributed by atoms with van der Waals surface area (Å²) in [6.07, 6.45) is 5.27. The Hall–Kier alpha value is -3.84. The summed E-state index contributed by atoms with van der Waals surface area (Å²) >= 11 is 1.39. The van der Waals surface area contributed by atoms with E-state index in [1.807, 2.05) is 49.0 Å². The molecule has 1 aromatic carbocycles. The molecule has 4 rings (SSSR count). The van der Waals surface area contributed by atoms with E-state index in [4.69, 9.17) is 9.47 Å². The number of imidazole rings is 1. The molecule has 2 heterocycles. The Kier molecular flexibility index (Phi) is 8.23. The monoisotopic (exact) mass is 507 g/mol. The highest BCUT2D eigenvalue weighted by atomic mass is 32.1. The number of carbonyl (C=O) groups is 2. The summed E-state index contributed by atoms with van der Waals surface area (Å²) < 4.78 is 13.1. The molecule has 10 heteroatoms. The van der Waals surface area contributed by atoms with Crippen molar-refractivity contribution in [3.63, 3.8) is 0 Å². The van der Waals surface area contributed by atoms with Crippen molar-refractivity contribution in [2.45, 2.75) is 51.7 Å². The highest BCUT2D eigenvalue weighted by Gasteiger charge is 2.28. The Labute approximate surface area is 214 Å². The highest BCUT2D eigenvalue weighted by molar-refractivity contribution is 7.16. The van der Waals surface area contributed by atoms with Gasteiger partial charge in [0.2, 0.25) is 5.91 Å². The predicted molar refractivity (Wildman–Crippen MR) is 136 cm³/mol. The van der Waals surface area contributed by atoms with E-state index in [0.717, 1.165) is 27.6 Å². The Bertz CT molecular complexity index is 1280. The van der Waals surface area contributed by atoms with Gasteiger partial charge in [-0.1, -0.05) is 18.2 Å². The van der Waals surface area contributed by atoms with Gasteiger partial charge in [-0.25, -0.2) is 9.78 Å². The van der Waals surface area contributed by atoms with E-state index >= 15 is 0 Å². The number of carbonyl (C=O) groups excluding carboxylic acids is 2. The van der Waals surface area contributed by atoms with Crippen molar-refractivity contribution in [1.29, 1.82) is 5.26 Å². The fourth-order valence-corrected chi connectivity index (χ4v) is 5.50. The molecule has 0 saturated carbocycles. The molecule has 2 aromatic heterocycles. The number of amides is 2. The average Bonchev–Trinajstić information content (AvgIpc) is 3.43. The third-order valence-corrected chi connectivity index (χ3v) is 7.23. The molecular formula is C26H29N5O4S. The summed E-state index contributed by atoms with van der Waals surface area (Å²) in [5, 5.41) is 16.0. The number of hydrogen-bond acceptors (Lipinski definition) is 7. The van der Waals surface area contributed by atoms with Crippen molar-refractivity contribution >= 4 is 28.3 Å². The van der Waals surface area contributed by atoms with E-state index in [9.17, 15) is 14.9 Å². The average molecular weight is 508 g/mol. The summed E-state index contributed by atoms with van der Waals surface area (Å²) in [5.41, 5.74) is 2.42. The molecular weight excluding hydrogens is 478 g/mol. The summed E-state index contributed by atoms with van der Waals surface area (Å²) in [4.78, 5) is 30.1. The van der Waals surface area contributed by atoms with Gasteiger partial charge >= 0.3 is 6.09 Å². The second kappa shape index (κ2) is 11.7. The molecule has 0 aliphatic heterocycles. The lowest BCUT2D eigenvalue weighted by atomic mass is 9.94. The van der Waals surface area contributed by atoms with E-state index in [0.29, 0.717) is 42.9 Å². The Morgan fingerprint density at radius 1 is 1.33 bits per heavy atom. The minimum absolute atomic E-state index is 0.155. The van der Waals surface area contributed by atoms with Crippen LogP contribution in [-0.2, 0) is 42.4 Å². The lowest BCUT2D eigenvalue weighted by Crippen LogP contribution is -2.32. The van der Waals surface area contributed by atoms with Gasteiger partial charge in [0.15, 0.2) is 0 Å². The quantitative estimate of drug-likeness (QED) is 0.450. The van der Waals surface area contributed by atoms with Gasteiger partial charge in [-0.05, 0) is 43.4 Å². The van der Waals surface area contributed by atoms with Crippen LogP contribution in [0.4, 0.5) is 9.80 Å². The van der Waals surface area contributed by atoms with E-state index < -0.39 is 6.09 Å². The van der Waals surface area contributed by atoms with Crippen molar-refractivity contribution in [3.8, 4) is 11.8 Å². The molecule has 0 saturated heterocycles. The lowest BCUT2D eigenvalue weighted by Gasteiger charge is -2.22. The zero-order valence-electron chi connectivity index (χ0n) is 20.4. The molecule has 36 heavy (non-hydrogen) atoms. The zero-order valence-corrected chi connectivity index (χ0v) is 21.2. The van der Waals surface area contributed by atoms with Crippen LogP contribution in [0.2, 0.25) is 0 Å². The van der Waals surface area contributed by atoms with Crippen LogP contribution in [0.3, 0.4) is 0 Å². The maximum atomic E-state index is 12.7. The number of nitrogens with zero attached hydrogens (tertiary/aromatic N) is 3. The summed E-state index contributed by atoms with van der Waals surface area (Å²) in [6.45, 7) is 2.77. The number of fused-ring (bicyclic) bond motifs is 1. The number of aromatic nitrogens is 2. The fourth-order valence-electron chi connectivity index (χ4n) is 4.22. The molecule has 0 radical (unpaired) electrons. The molecule has 1 atom stereocenters. The summed E-state index contributed by atoms with van der Waals surface area (Å²) in [6, 6.07) is 9.94. The number of nitriles is 1. The molecule has 0 bridgehead atoms. The molecule has 1 aliphatic rings. The van der Waals surface area contributed by atoms with Crippen LogP contribution >= 0.6 is 11.3 Å². The zero-order chi connectivity index (χ0) is 25.5. The van der Waals surface area contributed by atoms with Gasteiger partial charge in [0.25, 0.3) is 0 Å². The molecule has 0 fully saturated rings. The van der Waals surface area contributed by atoms with Crippen LogP contribution in [0.5, 0.6) is 5.75 Å². The normalized spacial score (nSPS) is 14.4. The summed E-state index contributed by atoms with van der Waals surface area (Å²) in [7, 11) is 1.86. The SMILES string of the molecule is CCOc1ccccc1CCC(=O)Nc1sc2c(c1C#N)CCC(OC(=O)NCc1nccn1C)C2. The van der Waals surface area contributed by atoms with Gasteiger partial charge in [-0.2, -0.15) is 5.26 Å². The highest BCUT2D eigenvalue weighted by Crippen LogP contribution is 2.38. The second-order valence-corrected chi connectivity index (χ2v) is 9.59. The van der Waals surface area contributed by atoms with E-state index in [1.54, 1.807) is 6.20 Å². The van der Waals surface area contributed by atoms with Crippen molar-refractivity contribution in [1.82, 2.24) is 14.9 Å². The van der Waals surface area contributed by atoms with E-state index in [1.165, 1.54) is 11.3 Å². The number of hydrogen-bond donors (Lipinski definition) is 2. The molecule has 188 valence electrons. The van der Waals surface area contributed by atoms with Crippen molar-refractivity contribution < 1.29 is 19.1 Å². The van der Waals surface area contributed by atoms with Crippen molar-refractivity contribution in [3.05, 3.63) is 64.1 Å². The topological polar surface area (TPSA) is 118 Å². The number of alkyl carbamates (subject to hydrolysis) is 1. The van der Waals surface area contributed by atoms with Gasteiger partial charge in [-0.3, -0.25) is 4.79 Å². The number of anilines is 1. The van der Waals surface area contributed by atoms with Crippen LogP contribution in [0, 0.1) is 11.3 Å². The number of aryl methyl sites for hydroxylation is 2. The number of rotatable bonds is 9. The maximum absolute atomic E-state index is 12.7. The van der Waals surface area contributed by atoms with Crippen LogP contribution < -0.4 is 15.4 Å². The number of ether oxygens (including phenoxy) is 2. The molecule has 2 N–H and O–H groups in total. The first-order valence-corrected chi connectivity index (χ1v) is 12.8. The second-order valence-electron chi connectivity index (χ2n) is 8.49. The molecule has 1 aliphatic carbocycles. The van der Waals surface area contributed by atoms with E-state index in [2.05, 4.69) is 21.7 Å². The largest absolute Gasteiger partial charge is 0.494 e. The van der Waals surface area contributed by atoms with Gasteiger partial charge < -0.3 is 24.7 Å². The predicted octanol–water partition coefficient (Wildman–Crippen LogP) is 4.11. The van der Waals surface area contributed by atoms with Crippen LogP contribution in [0.25, 0.3) is 0 Å². The fraction of sp³-hybridized carbons (Fsp3) is 0.385. The van der Waals surface area contributed by atoms with Gasteiger partial charge in [0.05, 0.1) is 18.7 Å². The number of para-hydroxylation sites is 1. The first-order valence-electron chi connectivity index (χ1n) is 11.9. The van der Waals surface area contributed by atoms with Crippen LogP contribution in [-0.4, -0.2) is 34.3 Å². The maximum Gasteiger partial charge on any atom is 0.407 e. The smallest absolute Gasteiger partial charge is 0.407 e. The minimum atomic E-state index is -0.496. The van der Waals surface area contributed by atoms with Crippen LogP contribution in [0.15, 0.2) is 36.7 Å². The molecule has 3 aromatic rings. The molecule has 2 amide bonds. The first-order chi connectivity index (χ1) is 17.5. The first kappa shape index (κ1) is 25.3. The van der Waals surface area contributed by atoms with Crippen molar-refractivity contribution in [2.24, 2.45) is 7.05 Å². The third-order valence-electron chi connectivity index (χ3n) is 6.06. The van der Waals surface area contributed by atoms with Gasteiger partial charge in [-0.15, -0.1) is 11.3 Å². The Morgan fingerprint density at radius 2 is 2.17 bits per heavy atom. The third kappa shape index (κ3) is 6.04. The number of nitrogens with one attached hydrogen (secondary N) is 2. The van der Waals surface area contributed by atoms with Gasteiger partial charge in [0.1, 0.15) is 28.7 Å². The molecule has 1 unspecified atom stereocenters. The Morgan fingerprint density at radius 3 is 2.92 bits per heavy atom.